The summed E-state index contributed by atoms with van der Waals surface area (Å²) < 4.78 is 11.4. The number of amides is 1. The first-order valence-corrected chi connectivity index (χ1v) is 12.4. The summed E-state index contributed by atoms with van der Waals surface area (Å²) in [5.74, 6) is -2.58. The number of carboxylic acids is 2. The maximum Gasteiger partial charge on any atom is 0.329 e. The maximum absolute atomic E-state index is 13.6. The molecule has 7 N–H and O–H groups in total. The van der Waals surface area contributed by atoms with E-state index in [1.165, 1.54) is 14.0 Å². The number of anilines is 1. The molecule has 0 aliphatic carbocycles. The predicted molar refractivity (Wildman–Crippen MR) is 149 cm³/mol. The number of rotatable bonds is 14. The Morgan fingerprint density at radius 2 is 1.68 bits per heavy atom. The average molecular weight is 549 g/mol. The molecular formula is C29H32N4O7. The normalized spacial score (nSPS) is 12.8. The lowest BCUT2D eigenvalue weighted by Gasteiger charge is -2.29. The Balaban J connectivity index is 1.93. The molecule has 0 radical (unpaired) electrons. The zero-order chi connectivity index (χ0) is 29.3. The summed E-state index contributed by atoms with van der Waals surface area (Å²) in [6.45, 7) is 1.55. The second kappa shape index (κ2) is 13.1. The number of nitrogens with one attached hydrogen (secondary N) is 3. The van der Waals surface area contributed by atoms with Gasteiger partial charge in [0, 0.05) is 17.7 Å². The fourth-order valence-electron chi connectivity index (χ4n) is 3.86. The number of methoxy groups -OCH3 is 1. The lowest BCUT2D eigenvalue weighted by Crippen LogP contribution is -2.54. The van der Waals surface area contributed by atoms with Gasteiger partial charge in [-0.1, -0.05) is 36.4 Å². The number of benzene rings is 3. The molecule has 0 saturated heterocycles. The van der Waals surface area contributed by atoms with E-state index in [9.17, 15) is 19.5 Å². The quantitative estimate of drug-likeness (QED) is 0.130. The maximum atomic E-state index is 13.6. The van der Waals surface area contributed by atoms with Crippen LogP contribution in [0.4, 0.5) is 5.69 Å². The number of ether oxygens (including phenoxy) is 2. The van der Waals surface area contributed by atoms with Crippen molar-refractivity contribution in [2.75, 3.05) is 12.4 Å². The second-order valence-electron chi connectivity index (χ2n) is 9.27. The van der Waals surface area contributed by atoms with Crippen molar-refractivity contribution < 1.29 is 34.1 Å². The monoisotopic (exact) mass is 548 g/mol. The van der Waals surface area contributed by atoms with Crippen LogP contribution in [0.5, 0.6) is 11.5 Å². The minimum Gasteiger partial charge on any atom is -0.493 e. The van der Waals surface area contributed by atoms with Crippen LogP contribution in [-0.4, -0.2) is 46.5 Å². The highest BCUT2D eigenvalue weighted by atomic mass is 16.5. The van der Waals surface area contributed by atoms with E-state index in [2.05, 4.69) is 10.6 Å². The Bertz CT molecular complexity index is 1360. The molecule has 210 valence electrons. The molecule has 2 atom stereocenters. The number of carbonyl (C=O) groups is 3. The van der Waals surface area contributed by atoms with Crippen molar-refractivity contribution in [3.63, 3.8) is 0 Å². The second-order valence-corrected chi connectivity index (χ2v) is 9.27. The van der Waals surface area contributed by atoms with E-state index in [1.54, 1.807) is 42.5 Å². The van der Waals surface area contributed by atoms with Crippen molar-refractivity contribution in [2.24, 2.45) is 5.73 Å². The Kier molecular flexibility index (Phi) is 9.69. The first-order chi connectivity index (χ1) is 19.0. The molecule has 2 unspecified atom stereocenters. The van der Waals surface area contributed by atoms with Crippen molar-refractivity contribution in [1.82, 2.24) is 5.32 Å². The summed E-state index contributed by atoms with van der Waals surface area (Å²) in [7, 11) is 1.46. The first-order valence-electron chi connectivity index (χ1n) is 12.4. The van der Waals surface area contributed by atoms with Gasteiger partial charge in [-0.15, -0.1) is 0 Å². The number of aliphatic carboxylic acids is 2. The van der Waals surface area contributed by atoms with E-state index in [0.717, 1.165) is 5.56 Å². The molecular weight excluding hydrogens is 516 g/mol. The molecule has 0 aromatic heterocycles. The van der Waals surface area contributed by atoms with Gasteiger partial charge in [0.05, 0.1) is 7.11 Å². The molecule has 40 heavy (non-hydrogen) atoms. The highest BCUT2D eigenvalue weighted by Gasteiger charge is 2.37. The number of carboxylic acid groups (broad SMARTS) is 2. The van der Waals surface area contributed by atoms with Crippen molar-refractivity contribution in [3.8, 4) is 11.5 Å². The molecule has 0 aliphatic heterocycles. The van der Waals surface area contributed by atoms with Gasteiger partial charge in [0.1, 0.15) is 24.0 Å². The Hall–Kier alpha value is -5.06. The number of amidine groups is 1. The summed E-state index contributed by atoms with van der Waals surface area (Å²) in [4.78, 5) is 36.7. The number of carbonyl (C=O) groups excluding carboxylic acids is 1. The molecule has 0 fully saturated rings. The number of hydrogen-bond donors (Lipinski definition) is 6. The van der Waals surface area contributed by atoms with Crippen molar-refractivity contribution in [2.45, 2.75) is 38.0 Å². The van der Waals surface area contributed by atoms with E-state index in [4.69, 9.17) is 25.7 Å². The molecule has 3 rings (SSSR count). The lowest BCUT2D eigenvalue weighted by molar-refractivity contribution is -0.148. The Labute approximate surface area is 231 Å². The van der Waals surface area contributed by atoms with Crippen LogP contribution >= 0.6 is 0 Å². The minimum absolute atomic E-state index is 0.118. The summed E-state index contributed by atoms with van der Waals surface area (Å²) in [6.07, 6.45) is -0.770. The zero-order valence-electron chi connectivity index (χ0n) is 22.1. The highest BCUT2D eigenvalue weighted by molar-refractivity contribution is 5.95. The smallest absolute Gasteiger partial charge is 0.329 e. The molecule has 0 spiro atoms. The van der Waals surface area contributed by atoms with Crippen molar-refractivity contribution in [3.05, 3.63) is 89.5 Å². The van der Waals surface area contributed by atoms with Gasteiger partial charge in [0.2, 0.25) is 5.91 Å². The molecule has 0 heterocycles. The molecule has 11 nitrogen and oxygen atoms in total. The van der Waals surface area contributed by atoms with Gasteiger partial charge in [-0.2, -0.15) is 0 Å². The Morgan fingerprint density at radius 3 is 2.25 bits per heavy atom. The van der Waals surface area contributed by atoms with E-state index in [0.29, 0.717) is 34.9 Å². The largest absolute Gasteiger partial charge is 0.493 e. The molecule has 0 saturated carbocycles. The number of hydrogen-bond acceptors (Lipinski definition) is 7. The highest BCUT2D eigenvalue weighted by Crippen LogP contribution is 2.33. The number of nitrogen functional groups attached to an aromatic ring is 1. The van der Waals surface area contributed by atoms with Gasteiger partial charge in [-0.25, -0.2) is 4.79 Å². The minimum atomic E-state index is -1.84. The van der Waals surface area contributed by atoms with Gasteiger partial charge in [-0.05, 0) is 60.9 Å². The third kappa shape index (κ3) is 7.73. The first kappa shape index (κ1) is 29.5. The van der Waals surface area contributed by atoms with Crippen molar-refractivity contribution in [1.29, 1.82) is 5.41 Å². The molecule has 11 heteroatoms. The van der Waals surface area contributed by atoms with Crippen LogP contribution in [-0.2, 0) is 21.0 Å². The van der Waals surface area contributed by atoms with Crippen LogP contribution in [0.3, 0.4) is 0 Å². The molecule has 1 amide bonds. The van der Waals surface area contributed by atoms with E-state index >= 15 is 0 Å². The van der Waals surface area contributed by atoms with Crippen LogP contribution < -0.4 is 25.8 Å². The summed E-state index contributed by atoms with van der Waals surface area (Å²) in [5, 5.41) is 32.0. The van der Waals surface area contributed by atoms with Gasteiger partial charge in [0.15, 0.2) is 11.5 Å². The topological polar surface area (TPSA) is 184 Å². The van der Waals surface area contributed by atoms with Gasteiger partial charge >= 0.3 is 11.9 Å². The lowest BCUT2D eigenvalue weighted by atomic mass is 9.94. The van der Waals surface area contributed by atoms with E-state index in [-0.39, 0.29) is 12.3 Å². The Morgan fingerprint density at radius 1 is 1.00 bits per heavy atom. The van der Waals surface area contributed by atoms with Gasteiger partial charge in [-0.3, -0.25) is 15.0 Å². The van der Waals surface area contributed by atoms with E-state index < -0.39 is 35.8 Å². The molecule has 0 aliphatic rings. The number of nitrogens with two attached hydrogens (primary N) is 1. The standard InChI is InChI=1S/C29H32N4O7/c1-29(28(37)38,15-14-24(34)35)33-27(36)25(32-21-11-8-19(9-12-21)26(30)31)20-10-13-22(23(16-20)39-2)40-17-18-6-4-3-5-7-18/h3-13,16,25,32H,14-15,17H2,1-2H3,(H3,30,31)(H,33,36)(H,34,35)(H,37,38). The van der Waals surface area contributed by atoms with Crippen LogP contribution in [0.1, 0.15) is 42.5 Å². The zero-order valence-corrected chi connectivity index (χ0v) is 22.1. The fraction of sp³-hybridized carbons (Fsp3) is 0.241. The van der Waals surface area contributed by atoms with Gasteiger partial charge in [0.25, 0.3) is 0 Å². The SMILES string of the molecule is COc1cc(C(Nc2ccc(C(=N)N)cc2)C(=O)NC(C)(CCC(=O)O)C(=O)O)ccc1OCc1ccccc1. The predicted octanol–water partition coefficient (Wildman–Crippen LogP) is 3.54. The summed E-state index contributed by atoms with van der Waals surface area (Å²) in [5.41, 5.74) is 6.07. The van der Waals surface area contributed by atoms with Crippen LogP contribution in [0, 0.1) is 5.41 Å². The molecule has 3 aromatic carbocycles. The van der Waals surface area contributed by atoms with Crippen LogP contribution in [0.2, 0.25) is 0 Å². The van der Waals surface area contributed by atoms with Crippen LogP contribution in [0.25, 0.3) is 0 Å². The summed E-state index contributed by atoms with van der Waals surface area (Å²) >= 11 is 0. The molecule has 3 aromatic rings. The van der Waals surface area contributed by atoms with Crippen molar-refractivity contribution >= 4 is 29.4 Å². The van der Waals surface area contributed by atoms with Gasteiger partial charge < -0.3 is 36.1 Å². The van der Waals surface area contributed by atoms with E-state index in [1.807, 2.05) is 30.3 Å². The third-order valence-electron chi connectivity index (χ3n) is 6.24. The third-order valence-corrected chi connectivity index (χ3v) is 6.24. The average Bonchev–Trinajstić information content (AvgIpc) is 2.94. The van der Waals surface area contributed by atoms with Crippen LogP contribution in [0.15, 0.2) is 72.8 Å². The molecule has 0 bridgehead atoms. The summed E-state index contributed by atoms with van der Waals surface area (Å²) in [6, 6.07) is 19.8. The fourth-order valence-corrected chi connectivity index (χ4v) is 3.86.